The van der Waals surface area contributed by atoms with Crippen molar-refractivity contribution in [3.63, 3.8) is 0 Å². The maximum Gasteiger partial charge on any atom is 0.242 e. The quantitative estimate of drug-likeness (QED) is 0.524. The third-order valence-corrected chi connectivity index (χ3v) is 6.77. The Kier molecular flexibility index (Phi) is 7.43. The Bertz CT molecular complexity index is 962. The first-order valence-electron chi connectivity index (χ1n) is 9.54. The molecule has 0 aliphatic carbocycles. The van der Waals surface area contributed by atoms with Crippen molar-refractivity contribution in [3.05, 3.63) is 46.8 Å². The van der Waals surface area contributed by atoms with Crippen molar-refractivity contribution in [1.29, 1.82) is 0 Å². The molecule has 2 N–H and O–H groups in total. The first kappa shape index (κ1) is 22.9. The van der Waals surface area contributed by atoms with Gasteiger partial charge in [-0.1, -0.05) is 12.1 Å². The van der Waals surface area contributed by atoms with Gasteiger partial charge in [-0.3, -0.25) is 9.67 Å². The molecule has 9 heteroatoms. The summed E-state index contributed by atoms with van der Waals surface area (Å²) in [7, 11) is 3.33. The molecule has 2 aromatic rings. The van der Waals surface area contributed by atoms with E-state index in [0.29, 0.717) is 12.5 Å². The van der Waals surface area contributed by atoms with Crippen LogP contribution in [0.4, 0.5) is 0 Å². The van der Waals surface area contributed by atoms with Crippen LogP contribution in [0, 0.1) is 13.8 Å². The van der Waals surface area contributed by atoms with Crippen molar-refractivity contribution in [2.24, 2.45) is 12.0 Å². The van der Waals surface area contributed by atoms with Crippen molar-refractivity contribution in [1.82, 2.24) is 24.7 Å². The number of benzene rings is 1. The number of sulfonamides is 1. The Morgan fingerprint density at radius 1 is 1.24 bits per heavy atom. The van der Waals surface area contributed by atoms with Crippen molar-refractivity contribution < 1.29 is 8.42 Å². The summed E-state index contributed by atoms with van der Waals surface area (Å²) in [5.74, 6) is 0.696. The molecule has 160 valence electrons. The summed E-state index contributed by atoms with van der Waals surface area (Å²) in [4.78, 5) is 4.57. The topological polar surface area (TPSA) is 91.6 Å². The number of nitrogens with one attached hydrogen (secondary N) is 2. The van der Waals surface area contributed by atoms with Gasteiger partial charge in [0.2, 0.25) is 10.0 Å². The van der Waals surface area contributed by atoms with Gasteiger partial charge in [0.15, 0.2) is 5.96 Å². The van der Waals surface area contributed by atoms with Gasteiger partial charge in [-0.25, -0.2) is 12.7 Å². The number of aryl methyl sites for hydroxylation is 2. The molecule has 0 saturated carbocycles. The number of aliphatic imine (C=N–C) groups is 1. The lowest BCUT2D eigenvalue weighted by molar-refractivity contribution is 0.520. The van der Waals surface area contributed by atoms with Crippen molar-refractivity contribution in [3.8, 4) is 0 Å². The Labute approximate surface area is 174 Å². The van der Waals surface area contributed by atoms with Gasteiger partial charge in [0.1, 0.15) is 0 Å². The minimum atomic E-state index is -3.41. The van der Waals surface area contributed by atoms with Crippen LogP contribution in [0.25, 0.3) is 0 Å². The minimum Gasteiger partial charge on any atom is -0.354 e. The standard InChI is InChI=1S/C20H32N6O2S/c1-14(12-19-15(2)24-26(7)16(19)3)23-20(21-4)22-13-17-8-10-18(11-9-17)29(27,28)25(5)6/h8-11,14H,12-13H2,1-7H3,(H2,21,22,23). The Morgan fingerprint density at radius 3 is 2.34 bits per heavy atom. The van der Waals surface area contributed by atoms with Crippen LogP contribution in [-0.2, 0) is 30.0 Å². The average Bonchev–Trinajstić information content (AvgIpc) is 2.91. The molecule has 1 aromatic carbocycles. The number of aromatic nitrogens is 2. The molecule has 29 heavy (non-hydrogen) atoms. The van der Waals surface area contributed by atoms with E-state index in [1.54, 1.807) is 19.2 Å². The molecule has 0 aliphatic rings. The van der Waals surface area contributed by atoms with Crippen LogP contribution in [0.15, 0.2) is 34.2 Å². The van der Waals surface area contributed by atoms with E-state index in [9.17, 15) is 8.42 Å². The zero-order chi connectivity index (χ0) is 21.8. The summed E-state index contributed by atoms with van der Waals surface area (Å²) in [5, 5.41) is 11.1. The minimum absolute atomic E-state index is 0.176. The lowest BCUT2D eigenvalue weighted by Gasteiger charge is -2.18. The Morgan fingerprint density at radius 2 is 1.86 bits per heavy atom. The number of hydrogen-bond acceptors (Lipinski definition) is 4. The molecule has 0 amide bonds. The second-order valence-corrected chi connectivity index (χ2v) is 9.53. The van der Waals surface area contributed by atoms with Gasteiger partial charge in [0.25, 0.3) is 0 Å². The normalized spacial score (nSPS) is 13.6. The molecule has 1 heterocycles. The SMILES string of the molecule is CN=C(NCc1ccc(S(=O)(=O)N(C)C)cc1)NC(C)Cc1c(C)nn(C)c1C. The predicted octanol–water partition coefficient (Wildman–Crippen LogP) is 1.58. The van der Waals surface area contributed by atoms with Crippen molar-refractivity contribution in [2.75, 3.05) is 21.1 Å². The maximum absolute atomic E-state index is 12.2. The van der Waals surface area contributed by atoms with Crippen LogP contribution < -0.4 is 10.6 Å². The summed E-state index contributed by atoms with van der Waals surface area (Å²) < 4.78 is 27.4. The second-order valence-electron chi connectivity index (χ2n) is 7.38. The molecule has 1 unspecified atom stereocenters. The van der Waals surface area contributed by atoms with Gasteiger partial charge in [-0.05, 0) is 50.5 Å². The van der Waals surface area contributed by atoms with Crippen LogP contribution in [0.1, 0.15) is 29.4 Å². The molecule has 1 atom stereocenters. The molecule has 0 bridgehead atoms. The number of guanidine groups is 1. The van der Waals surface area contributed by atoms with Crippen LogP contribution >= 0.6 is 0 Å². The van der Waals surface area contributed by atoms with Crippen LogP contribution in [0.3, 0.4) is 0 Å². The van der Waals surface area contributed by atoms with E-state index >= 15 is 0 Å². The number of nitrogens with zero attached hydrogens (tertiary/aromatic N) is 4. The summed E-state index contributed by atoms with van der Waals surface area (Å²) in [6.45, 7) is 6.76. The molecule has 8 nitrogen and oxygen atoms in total. The predicted molar refractivity (Wildman–Crippen MR) is 116 cm³/mol. The van der Waals surface area contributed by atoms with Gasteiger partial charge < -0.3 is 10.6 Å². The summed E-state index contributed by atoms with van der Waals surface area (Å²) in [6.07, 6.45) is 0.850. The highest BCUT2D eigenvalue weighted by Gasteiger charge is 2.17. The van der Waals surface area contributed by atoms with E-state index < -0.39 is 10.0 Å². The van der Waals surface area contributed by atoms with Gasteiger partial charge >= 0.3 is 0 Å². The molecular weight excluding hydrogens is 388 g/mol. The smallest absolute Gasteiger partial charge is 0.242 e. The fraction of sp³-hybridized carbons (Fsp3) is 0.500. The molecule has 0 spiro atoms. The zero-order valence-corrected chi connectivity index (χ0v) is 19.1. The van der Waals surface area contributed by atoms with Gasteiger partial charge in [-0.15, -0.1) is 0 Å². The second kappa shape index (κ2) is 9.41. The zero-order valence-electron chi connectivity index (χ0n) is 18.3. The summed E-state index contributed by atoms with van der Waals surface area (Å²) in [6, 6.07) is 7.04. The molecule has 1 aromatic heterocycles. The van der Waals surface area contributed by atoms with Gasteiger partial charge in [-0.2, -0.15) is 5.10 Å². The Balaban J connectivity index is 1.95. The van der Waals surface area contributed by atoms with Crippen LogP contribution in [-0.4, -0.2) is 55.6 Å². The van der Waals surface area contributed by atoms with Crippen LogP contribution in [0.2, 0.25) is 0 Å². The maximum atomic E-state index is 12.2. The average molecular weight is 421 g/mol. The third-order valence-electron chi connectivity index (χ3n) is 4.94. The van der Waals surface area contributed by atoms with E-state index in [2.05, 4.69) is 34.6 Å². The lowest BCUT2D eigenvalue weighted by atomic mass is 10.1. The highest BCUT2D eigenvalue weighted by Crippen LogP contribution is 2.15. The van der Waals surface area contributed by atoms with Gasteiger partial charge in [0.05, 0.1) is 10.6 Å². The van der Waals surface area contributed by atoms with E-state index in [1.807, 2.05) is 30.8 Å². The van der Waals surface area contributed by atoms with Gasteiger partial charge in [0, 0.05) is 46.5 Å². The molecule has 0 fully saturated rings. The third kappa shape index (κ3) is 5.57. The number of rotatable bonds is 7. The van der Waals surface area contributed by atoms with Crippen molar-refractivity contribution in [2.45, 2.75) is 44.7 Å². The summed E-state index contributed by atoms with van der Waals surface area (Å²) in [5.41, 5.74) is 4.44. The van der Waals surface area contributed by atoms with E-state index in [4.69, 9.17) is 0 Å². The summed E-state index contributed by atoms with van der Waals surface area (Å²) >= 11 is 0. The monoisotopic (exact) mass is 420 g/mol. The highest BCUT2D eigenvalue weighted by atomic mass is 32.2. The lowest BCUT2D eigenvalue weighted by Crippen LogP contribution is -2.42. The fourth-order valence-electron chi connectivity index (χ4n) is 3.07. The van der Waals surface area contributed by atoms with E-state index in [0.717, 1.165) is 17.7 Å². The molecule has 0 aliphatic heterocycles. The largest absolute Gasteiger partial charge is 0.354 e. The van der Waals surface area contributed by atoms with Crippen molar-refractivity contribution >= 4 is 16.0 Å². The fourth-order valence-corrected chi connectivity index (χ4v) is 3.98. The first-order chi connectivity index (χ1) is 13.6. The molecule has 0 radical (unpaired) electrons. The Hall–Kier alpha value is -2.39. The molecule has 2 rings (SSSR count). The molecule has 0 saturated heterocycles. The van der Waals surface area contributed by atoms with E-state index in [1.165, 1.54) is 29.7 Å². The first-order valence-corrected chi connectivity index (χ1v) is 11.0. The number of hydrogen-bond donors (Lipinski definition) is 2. The van der Waals surface area contributed by atoms with E-state index in [-0.39, 0.29) is 10.9 Å². The molecular formula is C20H32N6O2S. The van der Waals surface area contributed by atoms with Crippen LogP contribution in [0.5, 0.6) is 0 Å². The highest BCUT2D eigenvalue weighted by molar-refractivity contribution is 7.89.